The highest BCUT2D eigenvalue weighted by Gasteiger charge is 2.13. The summed E-state index contributed by atoms with van der Waals surface area (Å²) in [5.41, 5.74) is 10.6. The van der Waals surface area contributed by atoms with Gasteiger partial charge in [-0.25, -0.2) is 0 Å². The molecular formula is C9H7N5S. The molecule has 6 heteroatoms. The van der Waals surface area contributed by atoms with Crippen LogP contribution in [0, 0.1) is 6.92 Å². The minimum Gasteiger partial charge on any atom is -0.395 e. The van der Waals surface area contributed by atoms with Crippen molar-refractivity contribution in [3.05, 3.63) is 18.0 Å². The summed E-state index contributed by atoms with van der Waals surface area (Å²) < 4.78 is 8.38. The molecule has 3 aromatic rings. The largest absolute Gasteiger partial charge is 0.395 e. The lowest BCUT2D eigenvalue weighted by Gasteiger charge is -2.03. The van der Waals surface area contributed by atoms with Crippen LogP contribution in [0.4, 0.5) is 5.69 Å². The predicted molar refractivity (Wildman–Crippen MR) is 59.7 cm³/mol. The van der Waals surface area contributed by atoms with E-state index in [1.165, 1.54) is 0 Å². The highest BCUT2D eigenvalue weighted by Crippen LogP contribution is 2.30. The first-order valence-electron chi connectivity index (χ1n) is 4.40. The lowest BCUT2D eigenvalue weighted by atomic mass is 10.1. The number of rotatable bonds is 0. The molecule has 0 unspecified atom stereocenters. The minimum absolute atomic E-state index is 0.562. The summed E-state index contributed by atoms with van der Waals surface area (Å²) in [6, 6.07) is 0. The van der Waals surface area contributed by atoms with Crippen LogP contribution < -0.4 is 5.73 Å². The normalized spacial score (nSPS) is 11.3. The van der Waals surface area contributed by atoms with E-state index in [0.717, 1.165) is 33.8 Å². The average Bonchev–Trinajstić information content (AvgIpc) is 2.75. The number of nitrogens with zero attached hydrogens (tertiary/aromatic N) is 4. The first kappa shape index (κ1) is 8.49. The molecule has 0 fully saturated rings. The van der Waals surface area contributed by atoms with E-state index in [9.17, 15) is 0 Å². The zero-order valence-electron chi connectivity index (χ0n) is 7.93. The molecular weight excluding hydrogens is 210 g/mol. The van der Waals surface area contributed by atoms with Gasteiger partial charge in [-0.1, -0.05) is 0 Å². The van der Waals surface area contributed by atoms with Crippen molar-refractivity contribution in [3.8, 4) is 0 Å². The van der Waals surface area contributed by atoms with Crippen LogP contribution in [0.25, 0.3) is 22.1 Å². The van der Waals surface area contributed by atoms with Crippen LogP contribution in [0.1, 0.15) is 5.56 Å². The quantitative estimate of drug-likeness (QED) is 0.578. The van der Waals surface area contributed by atoms with E-state index in [-0.39, 0.29) is 0 Å². The number of nitrogen functional groups attached to an aromatic ring is 1. The summed E-state index contributed by atoms with van der Waals surface area (Å²) >= 11 is 1.16. The van der Waals surface area contributed by atoms with Gasteiger partial charge in [0.25, 0.3) is 0 Å². The molecule has 0 aliphatic rings. The number of anilines is 1. The maximum Gasteiger partial charge on any atom is 0.130 e. The second-order valence-electron chi connectivity index (χ2n) is 3.25. The van der Waals surface area contributed by atoms with E-state index in [4.69, 9.17) is 5.73 Å². The van der Waals surface area contributed by atoms with Gasteiger partial charge in [0, 0.05) is 18.0 Å². The van der Waals surface area contributed by atoms with Crippen molar-refractivity contribution in [1.82, 2.24) is 18.7 Å². The van der Waals surface area contributed by atoms with Gasteiger partial charge in [-0.05, 0) is 6.92 Å². The van der Waals surface area contributed by atoms with Crippen molar-refractivity contribution < 1.29 is 0 Å². The van der Waals surface area contributed by atoms with Crippen LogP contribution in [0.15, 0.2) is 12.4 Å². The van der Waals surface area contributed by atoms with Crippen molar-refractivity contribution in [2.45, 2.75) is 6.92 Å². The zero-order chi connectivity index (χ0) is 10.4. The lowest BCUT2D eigenvalue weighted by molar-refractivity contribution is 1.28. The molecule has 74 valence electrons. The molecule has 0 bridgehead atoms. The first-order valence-corrected chi connectivity index (χ1v) is 5.13. The SMILES string of the molecule is Cc1c2nccnc2c(N)c2nsnc12. The summed E-state index contributed by atoms with van der Waals surface area (Å²) in [7, 11) is 0. The molecule has 0 spiro atoms. The summed E-state index contributed by atoms with van der Waals surface area (Å²) in [5, 5.41) is 0. The van der Waals surface area contributed by atoms with Gasteiger partial charge in [-0.2, -0.15) is 8.75 Å². The van der Waals surface area contributed by atoms with Crippen molar-refractivity contribution in [3.63, 3.8) is 0 Å². The molecule has 0 aliphatic carbocycles. The number of benzene rings is 1. The van der Waals surface area contributed by atoms with Crippen LogP contribution in [0.5, 0.6) is 0 Å². The number of hydrogen-bond donors (Lipinski definition) is 1. The Labute approximate surface area is 89.3 Å². The molecule has 0 radical (unpaired) electrons. The van der Waals surface area contributed by atoms with E-state index in [2.05, 4.69) is 18.7 Å². The third-order valence-corrected chi connectivity index (χ3v) is 2.94. The molecule has 0 aliphatic heterocycles. The van der Waals surface area contributed by atoms with Crippen LogP contribution >= 0.6 is 11.7 Å². The maximum atomic E-state index is 5.97. The summed E-state index contributed by atoms with van der Waals surface area (Å²) in [4.78, 5) is 8.49. The van der Waals surface area contributed by atoms with E-state index in [1.54, 1.807) is 12.4 Å². The van der Waals surface area contributed by atoms with E-state index < -0.39 is 0 Å². The highest BCUT2D eigenvalue weighted by molar-refractivity contribution is 7.00. The van der Waals surface area contributed by atoms with Crippen molar-refractivity contribution in [2.24, 2.45) is 0 Å². The first-order chi connectivity index (χ1) is 7.29. The van der Waals surface area contributed by atoms with E-state index in [1.807, 2.05) is 6.92 Å². The van der Waals surface area contributed by atoms with Gasteiger partial charge in [0.15, 0.2) is 0 Å². The Bertz CT molecular complexity index is 604. The second-order valence-corrected chi connectivity index (χ2v) is 3.78. The van der Waals surface area contributed by atoms with Crippen molar-refractivity contribution in [1.29, 1.82) is 0 Å². The molecule has 2 heterocycles. The second kappa shape index (κ2) is 2.83. The Kier molecular flexibility index (Phi) is 1.60. The van der Waals surface area contributed by atoms with Gasteiger partial charge in [-0.15, -0.1) is 0 Å². The minimum atomic E-state index is 0.562. The maximum absolute atomic E-state index is 5.97. The highest BCUT2D eigenvalue weighted by atomic mass is 32.1. The number of hydrogen-bond acceptors (Lipinski definition) is 6. The van der Waals surface area contributed by atoms with Crippen LogP contribution in [-0.2, 0) is 0 Å². The molecule has 0 saturated carbocycles. The van der Waals surface area contributed by atoms with Crippen LogP contribution in [0.3, 0.4) is 0 Å². The van der Waals surface area contributed by atoms with Gasteiger partial charge in [0.2, 0.25) is 0 Å². The summed E-state index contributed by atoms with van der Waals surface area (Å²) in [6.45, 7) is 1.96. The van der Waals surface area contributed by atoms with Gasteiger partial charge in [-0.3, -0.25) is 9.97 Å². The van der Waals surface area contributed by atoms with E-state index >= 15 is 0 Å². The molecule has 0 amide bonds. The molecule has 2 N–H and O–H groups in total. The van der Waals surface area contributed by atoms with Crippen molar-refractivity contribution in [2.75, 3.05) is 5.73 Å². The Morgan fingerprint density at radius 2 is 1.67 bits per heavy atom. The molecule has 15 heavy (non-hydrogen) atoms. The Hall–Kier alpha value is -1.82. The fourth-order valence-electron chi connectivity index (χ4n) is 1.65. The smallest absolute Gasteiger partial charge is 0.130 e. The number of nitrogens with two attached hydrogens (primary N) is 1. The molecule has 0 saturated heterocycles. The van der Waals surface area contributed by atoms with Gasteiger partial charge < -0.3 is 5.73 Å². The number of fused-ring (bicyclic) bond motifs is 2. The molecule has 0 atom stereocenters. The predicted octanol–water partition coefficient (Wildman–Crippen LogP) is 1.53. The molecule has 2 aromatic heterocycles. The van der Waals surface area contributed by atoms with E-state index in [0.29, 0.717) is 11.2 Å². The standard InChI is InChI=1S/C9H7N5S/c1-4-6-8(12-3-2-11-6)5(10)9-7(4)13-15-14-9/h2-3H,10H2,1H3. The van der Waals surface area contributed by atoms with Crippen molar-refractivity contribution >= 4 is 39.5 Å². The topological polar surface area (TPSA) is 77.6 Å². The van der Waals surface area contributed by atoms with Crippen LogP contribution in [0.2, 0.25) is 0 Å². The summed E-state index contributed by atoms with van der Waals surface area (Å²) in [5.74, 6) is 0. The van der Waals surface area contributed by atoms with Gasteiger partial charge in [0.05, 0.1) is 22.9 Å². The van der Waals surface area contributed by atoms with Gasteiger partial charge in [0.1, 0.15) is 16.6 Å². The molecule has 5 nitrogen and oxygen atoms in total. The Balaban J connectivity index is 2.69. The fraction of sp³-hybridized carbons (Fsp3) is 0.111. The lowest BCUT2D eigenvalue weighted by Crippen LogP contribution is -1.95. The Morgan fingerprint density at radius 1 is 1.00 bits per heavy atom. The number of aryl methyl sites for hydroxylation is 1. The molecule has 3 rings (SSSR count). The zero-order valence-corrected chi connectivity index (χ0v) is 8.75. The van der Waals surface area contributed by atoms with Crippen LogP contribution in [-0.4, -0.2) is 18.7 Å². The van der Waals surface area contributed by atoms with Gasteiger partial charge >= 0.3 is 0 Å². The third kappa shape index (κ3) is 1.02. The summed E-state index contributed by atoms with van der Waals surface area (Å²) in [6.07, 6.45) is 3.28. The Morgan fingerprint density at radius 3 is 2.47 bits per heavy atom. The fourth-order valence-corrected chi connectivity index (χ4v) is 2.26. The third-order valence-electron chi connectivity index (χ3n) is 2.41. The monoisotopic (exact) mass is 217 g/mol. The average molecular weight is 217 g/mol. The number of aromatic nitrogens is 4. The molecule has 1 aromatic carbocycles.